The molecule has 1 aliphatic heterocycles. The maximum Gasteiger partial charge on any atom is 0.119 e. The Hall–Kier alpha value is -1.84. The molecule has 25 heavy (non-hydrogen) atoms. The van der Waals surface area contributed by atoms with E-state index in [2.05, 4.69) is 43.0 Å². The van der Waals surface area contributed by atoms with Crippen LogP contribution >= 0.6 is 0 Å². The van der Waals surface area contributed by atoms with Gasteiger partial charge in [0.2, 0.25) is 0 Å². The summed E-state index contributed by atoms with van der Waals surface area (Å²) in [5.74, 6) is 2.23. The number of benzene rings is 2. The van der Waals surface area contributed by atoms with E-state index >= 15 is 0 Å². The van der Waals surface area contributed by atoms with Gasteiger partial charge in [0.15, 0.2) is 0 Å². The first kappa shape index (κ1) is 18.0. The second-order valence-corrected chi connectivity index (χ2v) is 7.52. The Balaban J connectivity index is 1.48. The van der Waals surface area contributed by atoms with Crippen molar-refractivity contribution in [3.8, 4) is 16.9 Å². The lowest BCUT2D eigenvalue weighted by Crippen LogP contribution is -2.43. The van der Waals surface area contributed by atoms with Crippen molar-refractivity contribution < 1.29 is 9.84 Å². The summed E-state index contributed by atoms with van der Waals surface area (Å²) in [6, 6.07) is 18.4. The third-order valence-corrected chi connectivity index (χ3v) is 4.82. The van der Waals surface area contributed by atoms with Crippen LogP contribution in [0, 0.1) is 11.8 Å². The average molecular weight is 339 g/mol. The lowest BCUT2D eigenvalue weighted by atomic mass is 9.92. The van der Waals surface area contributed by atoms with E-state index in [9.17, 15) is 5.11 Å². The Bertz CT molecular complexity index is 631. The molecule has 0 aliphatic carbocycles. The number of aliphatic hydroxyl groups excluding tert-OH is 1. The molecule has 2 aromatic rings. The third-order valence-electron chi connectivity index (χ3n) is 4.82. The van der Waals surface area contributed by atoms with Crippen LogP contribution in [-0.2, 0) is 0 Å². The molecule has 0 unspecified atom stereocenters. The summed E-state index contributed by atoms with van der Waals surface area (Å²) in [6.07, 6.45) is 0.836. The Labute approximate surface area is 151 Å². The van der Waals surface area contributed by atoms with Crippen molar-refractivity contribution in [2.45, 2.75) is 26.4 Å². The molecule has 3 heteroatoms. The van der Waals surface area contributed by atoms with E-state index in [1.54, 1.807) is 0 Å². The summed E-state index contributed by atoms with van der Waals surface area (Å²) < 4.78 is 5.78. The molecule has 1 saturated heterocycles. The molecular formula is C22H29NO2. The van der Waals surface area contributed by atoms with Gasteiger partial charge < -0.3 is 14.7 Å². The highest BCUT2D eigenvalue weighted by atomic mass is 16.5. The van der Waals surface area contributed by atoms with E-state index in [1.807, 2.05) is 30.3 Å². The first-order valence-corrected chi connectivity index (χ1v) is 9.29. The highest BCUT2D eigenvalue weighted by molar-refractivity contribution is 5.63. The molecule has 134 valence electrons. The van der Waals surface area contributed by atoms with E-state index in [-0.39, 0.29) is 0 Å². The van der Waals surface area contributed by atoms with Crippen molar-refractivity contribution in [3.63, 3.8) is 0 Å². The molecule has 1 N–H and O–H groups in total. The number of piperidine rings is 1. The number of β-amino-alcohol motifs (C(OH)–C–C–N with tert-alkyl or cyclic N) is 1. The zero-order chi connectivity index (χ0) is 17.6. The lowest BCUT2D eigenvalue weighted by molar-refractivity contribution is 0.0429. The maximum atomic E-state index is 10.3. The summed E-state index contributed by atoms with van der Waals surface area (Å²) >= 11 is 0. The molecule has 1 heterocycles. The minimum absolute atomic E-state index is 0.337. The van der Waals surface area contributed by atoms with Gasteiger partial charge in [-0.3, -0.25) is 0 Å². The van der Waals surface area contributed by atoms with Gasteiger partial charge in [-0.25, -0.2) is 0 Å². The van der Waals surface area contributed by atoms with E-state index < -0.39 is 6.10 Å². The van der Waals surface area contributed by atoms with Crippen LogP contribution in [-0.4, -0.2) is 42.4 Å². The minimum Gasteiger partial charge on any atom is -0.491 e. The monoisotopic (exact) mass is 339 g/mol. The number of hydrogen-bond donors (Lipinski definition) is 1. The fourth-order valence-corrected chi connectivity index (χ4v) is 3.86. The first-order chi connectivity index (χ1) is 12.1. The Morgan fingerprint density at radius 1 is 0.960 bits per heavy atom. The molecule has 3 atom stereocenters. The highest BCUT2D eigenvalue weighted by Crippen LogP contribution is 2.23. The Morgan fingerprint density at radius 2 is 1.56 bits per heavy atom. The average Bonchev–Trinajstić information content (AvgIpc) is 2.60. The predicted molar refractivity (Wildman–Crippen MR) is 103 cm³/mol. The maximum absolute atomic E-state index is 10.3. The fraction of sp³-hybridized carbons (Fsp3) is 0.455. The predicted octanol–water partition coefficient (Wildman–Crippen LogP) is 4.07. The lowest BCUT2D eigenvalue weighted by Gasteiger charge is -2.35. The van der Waals surface area contributed by atoms with E-state index in [1.165, 1.54) is 17.5 Å². The van der Waals surface area contributed by atoms with Crippen LogP contribution in [0.3, 0.4) is 0 Å². The molecule has 3 rings (SSSR count). The molecule has 0 amide bonds. The van der Waals surface area contributed by atoms with Crippen LogP contribution in [0.15, 0.2) is 54.6 Å². The second-order valence-electron chi connectivity index (χ2n) is 7.52. The highest BCUT2D eigenvalue weighted by Gasteiger charge is 2.23. The van der Waals surface area contributed by atoms with E-state index in [0.717, 1.165) is 18.8 Å². The summed E-state index contributed by atoms with van der Waals surface area (Å²) in [5.41, 5.74) is 2.37. The number of likely N-dealkylation sites (tertiary alicyclic amines) is 1. The normalized spacial score (nSPS) is 22.5. The van der Waals surface area contributed by atoms with Gasteiger partial charge in [0.1, 0.15) is 18.5 Å². The van der Waals surface area contributed by atoms with Crippen molar-refractivity contribution in [1.29, 1.82) is 0 Å². The van der Waals surface area contributed by atoms with E-state index in [0.29, 0.717) is 25.0 Å². The van der Waals surface area contributed by atoms with E-state index in [4.69, 9.17) is 4.74 Å². The summed E-state index contributed by atoms with van der Waals surface area (Å²) in [7, 11) is 0. The molecule has 0 aromatic heterocycles. The summed E-state index contributed by atoms with van der Waals surface area (Å²) in [6.45, 7) is 7.76. The topological polar surface area (TPSA) is 32.7 Å². The molecule has 3 nitrogen and oxygen atoms in total. The zero-order valence-corrected chi connectivity index (χ0v) is 15.3. The number of ether oxygens (including phenoxy) is 1. The van der Waals surface area contributed by atoms with Gasteiger partial charge >= 0.3 is 0 Å². The number of rotatable bonds is 6. The van der Waals surface area contributed by atoms with Gasteiger partial charge in [0, 0.05) is 19.6 Å². The first-order valence-electron chi connectivity index (χ1n) is 9.29. The van der Waals surface area contributed by atoms with Gasteiger partial charge in [-0.2, -0.15) is 0 Å². The SMILES string of the molecule is C[C@H]1C[C@H](C)CN(C[C@@H](O)COc2ccc(-c3ccccc3)cc2)C1. The van der Waals surface area contributed by atoms with Crippen LogP contribution in [0.5, 0.6) is 5.75 Å². The molecule has 1 aliphatic rings. The quantitative estimate of drug-likeness (QED) is 0.861. The van der Waals surface area contributed by atoms with Crippen molar-refractivity contribution in [1.82, 2.24) is 4.90 Å². The number of nitrogens with zero attached hydrogens (tertiary/aromatic N) is 1. The molecule has 0 bridgehead atoms. The van der Waals surface area contributed by atoms with Gasteiger partial charge in [0.05, 0.1) is 0 Å². The van der Waals surface area contributed by atoms with Crippen LogP contribution < -0.4 is 4.74 Å². The number of aliphatic hydroxyl groups is 1. The molecule has 0 radical (unpaired) electrons. The standard InChI is InChI=1S/C22H29NO2/c1-17-12-18(2)14-23(13-17)15-21(24)16-25-22-10-8-20(9-11-22)19-6-4-3-5-7-19/h3-11,17-18,21,24H,12-16H2,1-2H3/t17-,18-,21+/m0/s1. The molecular weight excluding hydrogens is 310 g/mol. The molecule has 0 spiro atoms. The Morgan fingerprint density at radius 3 is 2.20 bits per heavy atom. The van der Waals surface area contributed by atoms with Crippen molar-refractivity contribution >= 4 is 0 Å². The van der Waals surface area contributed by atoms with Crippen LogP contribution in [0.4, 0.5) is 0 Å². The van der Waals surface area contributed by atoms with Crippen LogP contribution in [0.1, 0.15) is 20.3 Å². The van der Waals surface area contributed by atoms with Crippen molar-refractivity contribution in [2.75, 3.05) is 26.2 Å². The van der Waals surface area contributed by atoms with Gasteiger partial charge in [-0.05, 0) is 41.5 Å². The van der Waals surface area contributed by atoms with Crippen molar-refractivity contribution in [2.24, 2.45) is 11.8 Å². The zero-order valence-electron chi connectivity index (χ0n) is 15.3. The van der Waals surface area contributed by atoms with Gasteiger partial charge in [0.25, 0.3) is 0 Å². The van der Waals surface area contributed by atoms with Crippen molar-refractivity contribution in [3.05, 3.63) is 54.6 Å². The fourth-order valence-electron chi connectivity index (χ4n) is 3.86. The molecule has 1 fully saturated rings. The minimum atomic E-state index is -0.453. The summed E-state index contributed by atoms with van der Waals surface area (Å²) in [5, 5.41) is 10.3. The number of hydrogen-bond acceptors (Lipinski definition) is 3. The van der Waals surface area contributed by atoms with Gasteiger partial charge in [-0.15, -0.1) is 0 Å². The molecule has 2 aromatic carbocycles. The van der Waals surface area contributed by atoms with Crippen LogP contribution in [0.25, 0.3) is 11.1 Å². The van der Waals surface area contributed by atoms with Crippen LogP contribution in [0.2, 0.25) is 0 Å². The Kier molecular flexibility index (Phi) is 6.11. The van der Waals surface area contributed by atoms with Gasteiger partial charge in [-0.1, -0.05) is 56.3 Å². The second kappa shape index (κ2) is 8.50. The third kappa shape index (κ3) is 5.32. The molecule has 0 saturated carbocycles. The largest absolute Gasteiger partial charge is 0.491 e. The smallest absolute Gasteiger partial charge is 0.119 e. The summed E-state index contributed by atoms with van der Waals surface area (Å²) in [4.78, 5) is 2.37.